The number of ether oxygens (including phenoxy) is 2. The Labute approximate surface area is 180 Å². The lowest BCUT2D eigenvalue weighted by Crippen LogP contribution is -2.43. The van der Waals surface area contributed by atoms with Gasteiger partial charge >= 0.3 is 6.18 Å². The van der Waals surface area contributed by atoms with E-state index in [9.17, 15) is 13.2 Å². The maximum absolute atomic E-state index is 13.5. The van der Waals surface area contributed by atoms with Gasteiger partial charge in [-0.3, -0.25) is 0 Å². The quantitative estimate of drug-likeness (QED) is 0.749. The van der Waals surface area contributed by atoms with Gasteiger partial charge in [0.15, 0.2) is 0 Å². The summed E-state index contributed by atoms with van der Waals surface area (Å²) >= 11 is 0. The highest BCUT2D eigenvalue weighted by molar-refractivity contribution is 5.44. The van der Waals surface area contributed by atoms with Gasteiger partial charge in [0.05, 0.1) is 37.7 Å². The molecule has 0 spiro atoms. The van der Waals surface area contributed by atoms with Gasteiger partial charge in [0.1, 0.15) is 5.82 Å². The smallest absolute Gasteiger partial charge is 0.378 e. The van der Waals surface area contributed by atoms with Gasteiger partial charge in [0, 0.05) is 18.5 Å². The SMILES string of the molecule is FC(F)(F)c1cc(COCC2(c3ccccc3)CCNCC2)nc(N2CCOCC2)c1. The molecule has 0 radical (unpaired) electrons. The van der Waals surface area contributed by atoms with E-state index in [-0.39, 0.29) is 12.0 Å². The summed E-state index contributed by atoms with van der Waals surface area (Å²) in [5.74, 6) is 0.330. The first-order valence-corrected chi connectivity index (χ1v) is 10.7. The van der Waals surface area contributed by atoms with Crippen LogP contribution in [0.5, 0.6) is 0 Å². The summed E-state index contributed by atoms with van der Waals surface area (Å²) in [7, 11) is 0. The van der Waals surface area contributed by atoms with Gasteiger partial charge in [-0.25, -0.2) is 4.98 Å². The number of hydrogen-bond donors (Lipinski definition) is 1. The van der Waals surface area contributed by atoms with Crippen LogP contribution in [0.1, 0.15) is 29.7 Å². The second-order valence-corrected chi connectivity index (χ2v) is 8.19. The zero-order valence-corrected chi connectivity index (χ0v) is 17.5. The maximum Gasteiger partial charge on any atom is 0.416 e. The summed E-state index contributed by atoms with van der Waals surface area (Å²) < 4.78 is 51.8. The molecule has 1 aromatic carbocycles. The van der Waals surface area contributed by atoms with Gasteiger partial charge in [-0.1, -0.05) is 30.3 Å². The van der Waals surface area contributed by atoms with Crippen molar-refractivity contribution in [2.75, 3.05) is 50.9 Å². The van der Waals surface area contributed by atoms with Crippen molar-refractivity contribution < 1.29 is 22.6 Å². The number of nitrogens with zero attached hydrogens (tertiary/aromatic N) is 2. The van der Waals surface area contributed by atoms with Crippen LogP contribution in [-0.2, 0) is 27.7 Å². The molecule has 168 valence electrons. The molecule has 0 amide bonds. The largest absolute Gasteiger partial charge is 0.416 e. The Hall–Kier alpha value is -2.16. The summed E-state index contributed by atoms with van der Waals surface area (Å²) in [5, 5.41) is 3.38. The Morgan fingerprint density at radius 2 is 1.77 bits per heavy atom. The number of rotatable bonds is 6. The van der Waals surface area contributed by atoms with Gasteiger partial charge in [0.2, 0.25) is 0 Å². The van der Waals surface area contributed by atoms with Gasteiger partial charge in [-0.2, -0.15) is 13.2 Å². The lowest BCUT2D eigenvalue weighted by atomic mass is 9.74. The van der Waals surface area contributed by atoms with Crippen molar-refractivity contribution in [2.24, 2.45) is 0 Å². The molecule has 0 saturated carbocycles. The minimum absolute atomic E-state index is 0.0449. The van der Waals surface area contributed by atoms with E-state index >= 15 is 0 Å². The molecule has 3 heterocycles. The summed E-state index contributed by atoms with van der Waals surface area (Å²) in [6.45, 7) is 4.29. The number of halogens is 3. The Bertz CT molecular complexity index is 849. The van der Waals surface area contributed by atoms with E-state index in [0.717, 1.165) is 38.1 Å². The van der Waals surface area contributed by atoms with Crippen LogP contribution in [0.25, 0.3) is 0 Å². The molecular formula is C23H28F3N3O2. The van der Waals surface area contributed by atoms with Crippen LogP contribution in [0.3, 0.4) is 0 Å². The highest BCUT2D eigenvalue weighted by Gasteiger charge is 2.35. The number of morpholine rings is 1. The minimum Gasteiger partial charge on any atom is -0.378 e. The molecular weight excluding hydrogens is 407 g/mol. The molecule has 1 N–H and O–H groups in total. The normalized spacial score (nSPS) is 19.4. The van der Waals surface area contributed by atoms with Crippen molar-refractivity contribution in [1.82, 2.24) is 10.3 Å². The fourth-order valence-corrected chi connectivity index (χ4v) is 4.33. The van der Waals surface area contributed by atoms with Gasteiger partial charge < -0.3 is 19.7 Å². The first-order valence-electron chi connectivity index (χ1n) is 10.7. The first kappa shape index (κ1) is 22.0. The van der Waals surface area contributed by atoms with E-state index in [4.69, 9.17) is 9.47 Å². The molecule has 2 aliphatic heterocycles. The minimum atomic E-state index is -4.43. The molecule has 31 heavy (non-hydrogen) atoms. The van der Waals surface area contributed by atoms with Crippen LogP contribution in [-0.4, -0.2) is 51.0 Å². The second kappa shape index (κ2) is 9.54. The number of anilines is 1. The standard InChI is InChI=1S/C23H28F3N3O2/c24-23(25,26)19-14-20(28-21(15-19)29-10-12-30-13-11-29)16-31-17-22(6-8-27-9-7-22)18-4-2-1-3-5-18/h1-5,14-15,27H,6-13,16-17H2. The molecule has 0 unspecified atom stereocenters. The van der Waals surface area contributed by atoms with E-state index in [1.165, 1.54) is 5.56 Å². The summed E-state index contributed by atoms with van der Waals surface area (Å²) in [5.41, 5.74) is 0.680. The van der Waals surface area contributed by atoms with Crippen molar-refractivity contribution in [1.29, 1.82) is 0 Å². The molecule has 0 aliphatic carbocycles. The van der Waals surface area contributed by atoms with Crippen LogP contribution >= 0.6 is 0 Å². The van der Waals surface area contributed by atoms with E-state index < -0.39 is 11.7 Å². The van der Waals surface area contributed by atoms with Crippen molar-refractivity contribution in [3.63, 3.8) is 0 Å². The zero-order valence-electron chi connectivity index (χ0n) is 17.5. The van der Waals surface area contributed by atoms with Crippen LogP contribution in [0.4, 0.5) is 19.0 Å². The molecule has 0 atom stereocenters. The number of benzene rings is 1. The van der Waals surface area contributed by atoms with Crippen molar-refractivity contribution in [3.05, 3.63) is 59.3 Å². The lowest BCUT2D eigenvalue weighted by Gasteiger charge is -2.38. The number of hydrogen-bond acceptors (Lipinski definition) is 5. The highest BCUT2D eigenvalue weighted by Crippen LogP contribution is 2.35. The van der Waals surface area contributed by atoms with E-state index in [2.05, 4.69) is 22.4 Å². The molecule has 8 heteroatoms. The molecule has 2 aliphatic rings. The Kier molecular flexibility index (Phi) is 6.79. The Balaban J connectivity index is 1.51. The number of nitrogens with one attached hydrogen (secondary N) is 1. The lowest BCUT2D eigenvalue weighted by molar-refractivity contribution is -0.137. The van der Waals surface area contributed by atoms with Gasteiger partial charge in [-0.05, 0) is 43.6 Å². The monoisotopic (exact) mass is 435 g/mol. The Morgan fingerprint density at radius 1 is 1.06 bits per heavy atom. The van der Waals surface area contributed by atoms with E-state index in [0.29, 0.717) is 44.4 Å². The average molecular weight is 435 g/mol. The Morgan fingerprint density at radius 3 is 2.45 bits per heavy atom. The van der Waals surface area contributed by atoms with Crippen molar-refractivity contribution in [2.45, 2.75) is 31.0 Å². The molecule has 2 saturated heterocycles. The van der Waals surface area contributed by atoms with Gasteiger partial charge in [0.25, 0.3) is 0 Å². The summed E-state index contributed by atoms with van der Waals surface area (Å²) in [4.78, 5) is 6.32. The molecule has 4 rings (SSSR count). The molecule has 5 nitrogen and oxygen atoms in total. The third-order valence-corrected chi connectivity index (χ3v) is 6.10. The predicted octanol–water partition coefficient (Wildman–Crippen LogP) is 3.78. The third-order valence-electron chi connectivity index (χ3n) is 6.10. The molecule has 2 aromatic rings. The predicted molar refractivity (Wildman–Crippen MR) is 112 cm³/mol. The van der Waals surface area contributed by atoms with Crippen LogP contribution in [0.2, 0.25) is 0 Å². The third kappa shape index (κ3) is 5.37. The number of pyridine rings is 1. The van der Waals surface area contributed by atoms with Crippen molar-refractivity contribution in [3.8, 4) is 0 Å². The second-order valence-electron chi connectivity index (χ2n) is 8.19. The van der Waals surface area contributed by atoms with Crippen LogP contribution in [0.15, 0.2) is 42.5 Å². The number of piperidine rings is 1. The summed E-state index contributed by atoms with van der Waals surface area (Å²) in [6.07, 6.45) is -2.59. The topological polar surface area (TPSA) is 46.6 Å². The van der Waals surface area contributed by atoms with E-state index in [1.807, 2.05) is 23.1 Å². The summed E-state index contributed by atoms with van der Waals surface area (Å²) in [6, 6.07) is 12.4. The maximum atomic E-state index is 13.5. The average Bonchev–Trinajstić information content (AvgIpc) is 2.80. The molecule has 0 bridgehead atoms. The van der Waals surface area contributed by atoms with E-state index in [1.54, 1.807) is 0 Å². The zero-order chi connectivity index (χ0) is 21.7. The number of aromatic nitrogens is 1. The molecule has 1 aromatic heterocycles. The van der Waals surface area contributed by atoms with Crippen LogP contribution < -0.4 is 10.2 Å². The fraction of sp³-hybridized carbons (Fsp3) is 0.522. The number of alkyl halides is 3. The van der Waals surface area contributed by atoms with Crippen LogP contribution in [0, 0.1) is 0 Å². The van der Waals surface area contributed by atoms with Gasteiger partial charge in [-0.15, -0.1) is 0 Å². The molecule has 2 fully saturated rings. The highest BCUT2D eigenvalue weighted by atomic mass is 19.4. The first-order chi connectivity index (χ1) is 15.0. The fourth-order valence-electron chi connectivity index (χ4n) is 4.33. The van der Waals surface area contributed by atoms with Crippen molar-refractivity contribution >= 4 is 5.82 Å².